The number of ether oxygens (including phenoxy) is 5. The minimum Gasteiger partial charge on any atom is -0.379 e. The van der Waals surface area contributed by atoms with Gasteiger partial charge >= 0.3 is 0 Å². The van der Waals surface area contributed by atoms with E-state index in [2.05, 4.69) is 81.7 Å². The van der Waals surface area contributed by atoms with Gasteiger partial charge in [-0.2, -0.15) is 5.10 Å². The highest BCUT2D eigenvalue weighted by atomic mass is 35.5. The van der Waals surface area contributed by atoms with Crippen LogP contribution >= 0.6 is 11.6 Å². The van der Waals surface area contributed by atoms with Crippen molar-refractivity contribution in [3.8, 4) is 0 Å². The molecular formula is C39H59ClN2O5. The first-order valence-corrected chi connectivity index (χ1v) is 18.6. The topological polar surface area (TPSA) is 64.0 Å². The van der Waals surface area contributed by atoms with Gasteiger partial charge in [0.1, 0.15) is 30.5 Å². The summed E-state index contributed by atoms with van der Waals surface area (Å²) in [5.74, 6) is 0. The third-order valence-electron chi connectivity index (χ3n) is 8.92. The zero-order valence-electron chi connectivity index (χ0n) is 29.7. The Bertz CT molecular complexity index is 1330. The van der Waals surface area contributed by atoms with E-state index in [0.29, 0.717) is 45.5 Å². The second-order valence-electron chi connectivity index (χ2n) is 13.2. The number of hydrogen-bond donors (Lipinski definition) is 0. The average Bonchev–Trinajstić information content (AvgIpc) is 3.49. The van der Waals surface area contributed by atoms with Crippen molar-refractivity contribution in [2.24, 2.45) is 0 Å². The maximum Gasteiger partial charge on any atom is 0.117 e. The van der Waals surface area contributed by atoms with Gasteiger partial charge in [-0.15, -0.1) is 0 Å². The maximum absolute atomic E-state index is 6.99. The number of nitrogens with zero attached hydrogens (tertiary/aromatic N) is 2. The Labute approximate surface area is 288 Å². The lowest BCUT2D eigenvalue weighted by Gasteiger charge is -2.46. The number of rotatable bonds is 21. The Balaban J connectivity index is 1.68. The molecule has 262 valence electrons. The molecule has 0 N–H and O–H groups in total. The van der Waals surface area contributed by atoms with Crippen molar-refractivity contribution in [2.45, 2.75) is 136 Å². The first-order valence-electron chi connectivity index (χ1n) is 18.2. The van der Waals surface area contributed by atoms with Crippen molar-refractivity contribution in [1.82, 2.24) is 9.78 Å². The normalized spacial score (nSPS) is 21.7. The van der Waals surface area contributed by atoms with Crippen LogP contribution in [0.25, 0.3) is 10.9 Å². The van der Waals surface area contributed by atoms with Crippen molar-refractivity contribution in [1.29, 1.82) is 0 Å². The summed E-state index contributed by atoms with van der Waals surface area (Å²) in [4.78, 5) is 0. The van der Waals surface area contributed by atoms with Gasteiger partial charge in [0, 0.05) is 42.9 Å². The molecule has 0 radical (unpaired) electrons. The molecule has 0 aliphatic carbocycles. The largest absolute Gasteiger partial charge is 0.379 e. The van der Waals surface area contributed by atoms with Crippen molar-refractivity contribution >= 4 is 22.5 Å². The molecule has 4 rings (SSSR count). The molecule has 5 atom stereocenters. The number of aromatic nitrogens is 2. The smallest absolute Gasteiger partial charge is 0.117 e. The summed E-state index contributed by atoms with van der Waals surface area (Å²) < 4.78 is 35.3. The van der Waals surface area contributed by atoms with Crippen LogP contribution in [0.4, 0.5) is 0 Å². The minimum atomic E-state index is -0.355. The fraction of sp³-hybridized carbons (Fsp3) is 0.667. The Kier molecular flexibility index (Phi) is 16.0. The maximum atomic E-state index is 6.99. The van der Waals surface area contributed by atoms with Crippen LogP contribution in [0.5, 0.6) is 0 Å². The zero-order valence-corrected chi connectivity index (χ0v) is 30.5. The molecule has 2 heterocycles. The predicted molar refractivity (Wildman–Crippen MR) is 192 cm³/mol. The van der Waals surface area contributed by atoms with Gasteiger partial charge in [0.15, 0.2) is 0 Å². The van der Waals surface area contributed by atoms with Crippen LogP contribution in [0.15, 0.2) is 42.6 Å². The van der Waals surface area contributed by atoms with E-state index in [4.69, 9.17) is 35.3 Å². The molecule has 1 fully saturated rings. The number of unbranched alkanes of at least 4 members (excludes halogenated alkanes) is 4. The number of hydrogen-bond acceptors (Lipinski definition) is 6. The van der Waals surface area contributed by atoms with Gasteiger partial charge in [0.25, 0.3) is 0 Å². The SMILES string of the molecule is CCCCOC[C@H]1O[C@@H](c2ccc(Cl)c(Cc3ccc4c(cnn4C(C)C)c3)c2)[C@H](OCCCC)[C@@H](OCCCC)[C@@H]1OCCCC. The summed E-state index contributed by atoms with van der Waals surface area (Å²) >= 11 is 6.87. The molecule has 1 saturated heterocycles. The lowest BCUT2D eigenvalue weighted by atomic mass is 9.89. The molecule has 0 amide bonds. The molecular weight excluding hydrogens is 612 g/mol. The van der Waals surface area contributed by atoms with Gasteiger partial charge in [0.2, 0.25) is 0 Å². The van der Waals surface area contributed by atoms with Crippen molar-refractivity contribution in [2.75, 3.05) is 33.0 Å². The molecule has 8 heteroatoms. The van der Waals surface area contributed by atoms with Crippen LogP contribution in [0, 0.1) is 0 Å². The van der Waals surface area contributed by atoms with Crippen LogP contribution in [-0.4, -0.2) is 67.2 Å². The van der Waals surface area contributed by atoms with Gasteiger partial charge in [-0.1, -0.05) is 83.2 Å². The predicted octanol–water partition coefficient (Wildman–Crippen LogP) is 9.67. The zero-order chi connectivity index (χ0) is 33.6. The first-order chi connectivity index (χ1) is 22.9. The molecule has 1 aromatic heterocycles. The summed E-state index contributed by atoms with van der Waals surface area (Å²) in [5, 5.41) is 6.48. The first kappa shape index (κ1) is 37.8. The van der Waals surface area contributed by atoms with E-state index in [1.807, 2.05) is 12.3 Å². The molecule has 7 nitrogen and oxygen atoms in total. The van der Waals surface area contributed by atoms with Crippen LogP contribution < -0.4 is 0 Å². The van der Waals surface area contributed by atoms with Crippen LogP contribution in [0.1, 0.15) is 122 Å². The second kappa shape index (κ2) is 19.9. The van der Waals surface area contributed by atoms with Crippen molar-refractivity contribution in [3.05, 3.63) is 64.3 Å². The Morgan fingerprint density at radius 3 is 2.09 bits per heavy atom. The minimum absolute atomic E-state index is 0.284. The quantitative estimate of drug-likeness (QED) is 0.105. The Morgan fingerprint density at radius 1 is 0.787 bits per heavy atom. The van der Waals surface area contributed by atoms with Gasteiger partial charge in [-0.3, -0.25) is 4.68 Å². The van der Waals surface area contributed by atoms with Gasteiger partial charge in [0.05, 0.1) is 18.3 Å². The molecule has 0 spiro atoms. The van der Waals surface area contributed by atoms with E-state index in [1.54, 1.807) is 0 Å². The third-order valence-corrected chi connectivity index (χ3v) is 9.29. The van der Waals surface area contributed by atoms with Crippen molar-refractivity contribution < 1.29 is 23.7 Å². The molecule has 2 aromatic carbocycles. The van der Waals surface area contributed by atoms with Gasteiger partial charge in [-0.05, 0) is 80.8 Å². The van der Waals surface area contributed by atoms with Gasteiger partial charge in [-0.25, -0.2) is 0 Å². The lowest BCUT2D eigenvalue weighted by molar-refractivity contribution is -0.268. The second-order valence-corrected chi connectivity index (χ2v) is 13.6. The Hall–Kier alpha value is -2.00. The summed E-state index contributed by atoms with van der Waals surface area (Å²) in [5.41, 5.74) is 4.42. The summed E-state index contributed by atoms with van der Waals surface area (Å²) in [6.07, 6.45) is 9.32. The van der Waals surface area contributed by atoms with Crippen LogP contribution in [-0.2, 0) is 30.1 Å². The summed E-state index contributed by atoms with van der Waals surface area (Å²) in [6, 6.07) is 13.1. The summed E-state index contributed by atoms with van der Waals surface area (Å²) in [7, 11) is 0. The van der Waals surface area contributed by atoms with Gasteiger partial charge < -0.3 is 23.7 Å². The molecule has 0 unspecified atom stereocenters. The average molecular weight is 671 g/mol. The van der Waals surface area contributed by atoms with E-state index in [-0.39, 0.29) is 30.5 Å². The molecule has 0 bridgehead atoms. The molecule has 3 aromatic rings. The highest BCUT2D eigenvalue weighted by Gasteiger charge is 2.48. The van der Waals surface area contributed by atoms with Crippen LogP contribution in [0.3, 0.4) is 0 Å². The highest BCUT2D eigenvalue weighted by molar-refractivity contribution is 6.31. The number of halogens is 1. The monoisotopic (exact) mass is 670 g/mol. The van der Waals surface area contributed by atoms with Crippen LogP contribution in [0.2, 0.25) is 5.02 Å². The molecule has 0 saturated carbocycles. The van der Waals surface area contributed by atoms with E-state index in [1.165, 1.54) is 5.56 Å². The Morgan fingerprint density at radius 2 is 1.43 bits per heavy atom. The standard InChI is InChI=1S/C39H59ClN2O5/c1-7-11-19-43-27-35-37(44-20-12-8-2)39(46-22-14-10-4)38(45-21-13-9-3)36(47-35)30-16-17-33(40)31(25-30)23-29-15-18-34-32(24-29)26-41-42(34)28(5)6/h15-18,24-26,28,35-39H,7-14,19-23,27H2,1-6H3/t35-,36+,37-,38+,39+/m1/s1. The number of benzene rings is 2. The van der Waals surface area contributed by atoms with E-state index in [9.17, 15) is 0 Å². The van der Waals surface area contributed by atoms with E-state index in [0.717, 1.165) is 78.4 Å². The highest BCUT2D eigenvalue weighted by Crippen LogP contribution is 2.39. The number of fused-ring (bicyclic) bond motifs is 1. The van der Waals surface area contributed by atoms with E-state index >= 15 is 0 Å². The third kappa shape index (κ3) is 10.5. The molecule has 1 aliphatic rings. The summed E-state index contributed by atoms with van der Waals surface area (Å²) in [6.45, 7) is 16.1. The fourth-order valence-corrected chi connectivity index (χ4v) is 6.36. The van der Waals surface area contributed by atoms with Crippen molar-refractivity contribution in [3.63, 3.8) is 0 Å². The molecule has 1 aliphatic heterocycles. The molecule has 47 heavy (non-hydrogen) atoms. The lowest BCUT2D eigenvalue weighted by Crippen LogP contribution is -2.58. The van der Waals surface area contributed by atoms with E-state index < -0.39 is 0 Å². The fourth-order valence-electron chi connectivity index (χ4n) is 6.18.